The van der Waals surface area contributed by atoms with Crippen LogP contribution in [-0.4, -0.2) is 96.1 Å². The van der Waals surface area contributed by atoms with Crippen molar-refractivity contribution in [3.05, 3.63) is 163 Å². The van der Waals surface area contributed by atoms with Crippen LogP contribution < -0.4 is 29.6 Å². The van der Waals surface area contributed by atoms with Gasteiger partial charge in [-0.25, -0.2) is 0 Å². The van der Waals surface area contributed by atoms with Gasteiger partial charge >= 0.3 is 11.9 Å². The second-order valence-corrected chi connectivity index (χ2v) is 18.5. The van der Waals surface area contributed by atoms with E-state index in [4.69, 9.17) is 51.6 Å². The number of carbonyl (C=O) groups excluding carboxylic acids is 2. The maximum absolute atomic E-state index is 12.5. The standard InChI is InChI=1S/C56H60Cl2N6O10/c1-32-39(30-73-51-18-49(71-28-37-14-36(20-59-5)21-60-22-37)42(16-46(51)57)25-63-53(34(3)65)55(67)69-6)10-8-12-44(32)45-13-9-11-40(33(45)2)31-74-52-19-50(72-29-38-15-41(24-61-23-38)48-27-62-48)43(17-47(52)58)26-64-54(35(4)66)56(68)70-7/h8-24,34-35,53-54,63-66H,25-31H2,1-7H3/b59-20+/t34-,35-,53-,54-/m0/s1. The molecule has 388 valence electrons. The lowest BCUT2D eigenvalue weighted by Crippen LogP contribution is -2.45. The van der Waals surface area contributed by atoms with Crippen molar-refractivity contribution in [2.24, 2.45) is 9.98 Å². The summed E-state index contributed by atoms with van der Waals surface area (Å²) in [6.07, 6.45) is 6.57. The Hall–Kier alpha value is -6.92. The van der Waals surface area contributed by atoms with Crippen molar-refractivity contribution in [2.75, 3.05) is 27.8 Å². The van der Waals surface area contributed by atoms with Crippen LogP contribution in [0.1, 0.15) is 69.5 Å². The summed E-state index contributed by atoms with van der Waals surface area (Å²) in [6.45, 7) is 8.76. The lowest BCUT2D eigenvalue weighted by molar-refractivity contribution is -0.146. The number of pyridine rings is 2. The topological polar surface area (TPSA) is 205 Å². The molecule has 7 rings (SSSR count). The van der Waals surface area contributed by atoms with Crippen molar-refractivity contribution in [1.82, 2.24) is 20.6 Å². The number of hydrogen-bond donors (Lipinski definition) is 4. The van der Waals surface area contributed by atoms with Crippen LogP contribution in [0.5, 0.6) is 23.0 Å². The minimum Gasteiger partial charge on any atom is -0.488 e. The average Bonchev–Trinajstić information content (AvgIpc) is 4.25. The molecule has 0 unspecified atom stereocenters. The summed E-state index contributed by atoms with van der Waals surface area (Å²) < 4.78 is 35.4. The molecule has 1 aliphatic rings. The molecule has 0 bridgehead atoms. The molecule has 0 amide bonds. The summed E-state index contributed by atoms with van der Waals surface area (Å²) in [6, 6.07) is 20.9. The predicted molar refractivity (Wildman–Crippen MR) is 284 cm³/mol. The van der Waals surface area contributed by atoms with Crippen LogP contribution in [0.15, 0.2) is 108 Å². The molecule has 0 saturated heterocycles. The summed E-state index contributed by atoms with van der Waals surface area (Å²) in [5, 5.41) is 27.4. The highest BCUT2D eigenvalue weighted by molar-refractivity contribution is 6.32. The molecule has 0 radical (unpaired) electrons. The third kappa shape index (κ3) is 14.2. The second kappa shape index (κ2) is 25.8. The van der Waals surface area contributed by atoms with Gasteiger partial charge in [-0.1, -0.05) is 59.6 Å². The number of aromatic nitrogens is 2. The fraction of sp³-hybridized carbons (Fsp3) is 0.321. The van der Waals surface area contributed by atoms with Crippen molar-refractivity contribution >= 4 is 47.1 Å². The molecule has 6 aromatic rings. The Labute approximate surface area is 440 Å². The second-order valence-electron chi connectivity index (χ2n) is 17.7. The molecule has 0 fully saturated rings. The fourth-order valence-corrected chi connectivity index (χ4v) is 8.64. The Bertz CT molecular complexity index is 3020. The third-order valence-electron chi connectivity index (χ3n) is 12.4. The Kier molecular flexibility index (Phi) is 19.1. The number of aliphatic imine (C=N–C) groups is 2. The molecule has 16 nitrogen and oxygen atoms in total. The van der Waals surface area contributed by atoms with Gasteiger partial charge in [0.1, 0.15) is 61.5 Å². The molecule has 3 heterocycles. The first-order chi connectivity index (χ1) is 35.7. The van der Waals surface area contributed by atoms with Crippen LogP contribution in [-0.2, 0) is 58.6 Å². The number of rotatable bonds is 25. The van der Waals surface area contributed by atoms with Gasteiger partial charge in [0, 0.05) is 96.7 Å². The third-order valence-corrected chi connectivity index (χ3v) is 13.0. The van der Waals surface area contributed by atoms with E-state index in [1.807, 2.05) is 50.2 Å². The predicted octanol–water partition coefficient (Wildman–Crippen LogP) is 8.26. The van der Waals surface area contributed by atoms with Gasteiger partial charge in [-0.2, -0.15) is 0 Å². The SMILES string of the molecule is C/N=C/c1cncc(COc2cc(OCc3cccc(-c4cccc(COc5cc(OCc6cncc(C7=NC7)c6)c(CN[C@H](C(=O)OC)[C@H](C)O)cc5Cl)c4C)c3C)c(Cl)cc2CN[C@H](C(=O)OC)[C@H](C)O)c1. The first kappa shape index (κ1) is 54.8. The number of methoxy groups -OCH3 is 2. The van der Waals surface area contributed by atoms with Crippen LogP contribution in [0.3, 0.4) is 0 Å². The van der Waals surface area contributed by atoms with Crippen LogP contribution in [0.25, 0.3) is 11.1 Å². The van der Waals surface area contributed by atoms with Gasteiger partial charge in [0.2, 0.25) is 0 Å². The average molecular weight is 1050 g/mol. The van der Waals surface area contributed by atoms with Gasteiger partial charge in [-0.15, -0.1) is 0 Å². The quantitative estimate of drug-likeness (QED) is 0.0315. The monoisotopic (exact) mass is 1050 g/mol. The summed E-state index contributed by atoms with van der Waals surface area (Å²) in [5.41, 5.74) is 11.5. The van der Waals surface area contributed by atoms with Gasteiger partial charge < -0.3 is 38.6 Å². The van der Waals surface area contributed by atoms with Crippen LogP contribution in [0, 0.1) is 13.8 Å². The summed E-state index contributed by atoms with van der Waals surface area (Å²) in [5.74, 6) is 0.465. The largest absolute Gasteiger partial charge is 0.488 e. The van der Waals surface area contributed by atoms with E-state index in [-0.39, 0.29) is 39.5 Å². The number of nitrogens with zero attached hydrogens (tertiary/aromatic N) is 4. The number of esters is 2. The number of ether oxygens (including phenoxy) is 6. The summed E-state index contributed by atoms with van der Waals surface area (Å²) >= 11 is 13.8. The van der Waals surface area contributed by atoms with E-state index in [1.165, 1.54) is 28.1 Å². The van der Waals surface area contributed by atoms with E-state index < -0.39 is 36.2 Å². The number of nitrogens with one attached hydrogen (secondary N) is 2. The molecule has 1 aliphatic heterocycles. The minimum atomic E-state index is -1.03. The molecule has 0 spiro atoms. The van der Waals surface area contributed by atoms with Gasteiger partial charge in [-0.3, -0.25) is 40.2 Å². The molecule has 4 N–H and O–H groups in total. The lowest BCUT2D eigenvalue weighted by Gasteiger charge is -2.21. The molecule has 74 heavy (non-hydrogen) atoms. The maximum Gasteiger partial charge on any atom is 0.325 e. The first-order valence-corrected chi connectivity index (χ1v) is 24.6. The smallest absolute Gasteiger partial charge is 0.325 e. The molecular weight excluding hydrogens is 988 g/mol. The van der Waals surface area contributed by atoms with Gasteiger partial charge in [0.05, 0.1) is 48.7 Å². The zero-order valence-corrected chi connectivity index (χ0v) is 43.8. The van der Waals surface area contributed by atoms with Crippen LogP contribution in [0.2, 0.25) is 10.0 Å². The zero-order chi connectivity index (χ0) is 52.9. The van der Waals surface area contributed by atoms with E-state index in [2.05, 4.69) is 42.7 Å². The Morgan fingerprint density at radius 2 is 1.11 bits per heavy atom. The van der Waals surface area contributed by atoms with E-state index in [1.54, 1.807) is 62.3 Å². The van der Waals surface area contributed by atoms with E-state index in [9.17, 15) is 19.8 Å². The van der Waals surface area contributed by atoms with Crippen molar-refractivity contribution in [2.45, 2.75) is 91.5 Å². The van der Waals surface area contributed by atoms with E-state index in [0.717, 1.165) is 61.3 Å². The van der Waals surface area contributed by atoms with Crippen LogP contribution in [0.4, 0.5) is 0 Å². The van der Waals surface area contributed by atoms with Crippen LogP contribution >= 0.6 is 23.2 Å². The molecule has 0 saturated carbocycles. The maximum atomic E-state index is 12.5. The molecular formula is C56H60Cl2N6O10. The fourth-order valence-electron chi connectivity index (χ4n) is 8.16. The molecule has 18 heteroatoms. The van der Waals surface area contributed by atoms with Gasteiger partial charge in [-0.05, 0) is 85.3 Å². The highest BCUT2D eigenvalue weighted by atomic mass is 35.5. The Balaban J connectivity index is 1.09. The van der Waals surface area contributed by atoms with Gasteiger partial charge in [0.25, 0.3) is 0 Å². The molecule has 4 aromatic carbocycles. The Morgan fingerprint density at radius 3 is 1.55 bits per heavy atom. The van der Waals surface area contributed by atoms with Crippen molar-refractivity contribution in [3.63, 3.8) is 0 Å². The summed E-state index contributed by atoms with van der Waals surface area (Å²) in [4.78, 5) is 42.0. The number of benzene rings is 4. The van der Waals surface area contributed by atoms with Gasteiger partial charge in [0.15, 0.2) is 0 Å². The highest BCUT2D eigenvalue weighted by Crippen LogP contribution is 2.38. The summed E-state index contributed by atoms with van der Waals surface area (Å²) in [7, 11) is 4.22. The van der Waals surface area contributed by atoms with Crippen molar-refractivity contribution < 1.29 is 48.2 Å². The normalized spacial score (nSPS) is 13.6. The van der Waals surface area contributed by atoms with E-state index in [0.29, 0.717) is 50.7 Å². The number of halogens is 2. The molecule has 4 atom stereocenters. The Morgan fingerprint density at radius 1 is 0.649 bits per heavy atom. The minimum absolute atomic E-state index is 0.119. The highest BCUT2D eigenvalue weighted by Gasteiger charge is 2.27. The lowest BCUT2D eigenvalue weighted by atomic mass is 9.92. The number of carbonyl (C=O) groups is 2. The number of aliphatic hydroxyl groups excluding tert-OH is 2. The molecule has 0 aliphatic carbocycles. The number of aliphatic hydroxyl groups is 2. The van der Waals surface area contributed by atoms with E-state index >= 15 is 0 Å². The molecule has 2 aromatic heterocycles. The van der Waals surface area contributed by atoms with Crippen molar-refractivity contribution in [1.29, 1.82) is 0 Å². The zero-order valence-electron chi connectivity index (χ0n) is 42.3. The van der Waals surface area contributed by atoms with Crippen molar-refractivity contribution in [3.8, 4) is 34.1 Å². The number of hydrogen-bond acceptors (Lipinski definition) is 16. The first-order valence-electron chi connectivity index (χ1n) is 23.8.